The van der Waals surface area contributed by atoms with Gasteiger partial charge in [-0.3, -0.25) is 9.89 Å². The first-order chi connectivity index (χ1) is 12.2. The fraction of sp³-hybridized carbons (Fsp3) is 0.526. The molecule has 0 spiro atoms. The second kappa shape index (κ2) is 6.72. The molecule has 0 saturated carbocycles. The molecule has 7 nitrogen and oxygen atoms in total. The fourth-order valence-corrected chi connectivity index (χ4v) is 3.25. The molecule has 1 aliphatic heterocycles. The van der Waals surface area contributed by atoms with Gasteiger partial charge in [-0.05, 0) is 24.6 Å². The van der Waals surface area contributed by atoms with Gasteiger partial charge in [0.15, 0.2) is 0 Å². The van der Waals surface area contributed by atoms with E-state index in [1.165, 1.54) is 0 Å². The Bertz CT molecular complexity index is 768. The van der Waals surface area contributed by atoms with Gasteiger partial charge in [0.05, 0.1) is 6.54 Å². The number of carbonyl (C=O) groups is 1. The summed E-state index contributed by atoms with van der Waals surface area (Å²) in [5.74, 6) is 0.654. The summed E-state index contributed by atoms with van der Waals surface area (Å²) in [7, 11) is 1.70. The first-order valence-corrected chi connectivity index (χ1v) is 8.88. The fourth-order valence-electron chi connectivity index (χ4n) is 3.25. The van der Waals surface area contributed by atoms with Gasteiger partial charge in [0.2, 0.25) is 0 Å². The van der Waals surface area contributed by atoms with E-state index in [1.807, 2.05) is 23.1 Å². The largest absolute Gasteiger partial charge is 0.386 e. The molecule has 7 heteroatoms. The molecule has 1 atom stereocenters. The summed E-state index contributed by atoms with van der Waals surface area (Å²) in [6, 6.07) is 7.52. The zero-order valence-corrected chi connectivity index (χ0v) is 15.9. The number of aromatic nitrogens is 3. The third kappa shape index (κ3) is 3.88. The van der Waals surface area contributed by atoms with Crippen molar-refractivity contribution in [1.82, 2.24) is 20.1 Å². The molecule has 0 unspecified atom stereocenters. The van der Waals surface area contributed by atoms with E-state index >= 15 is 0 Å². The molecule has 1 fully saturated rings. The molecule has 3 heterocycles. The number of nitrogens with zero attached hydrogens (tertiary/aromatic N) is 4. The second-order valence-electron chi connectivity index (χ2n) is 8.16. The number of pyridine rings is 1. The lowest BCUT2D eigenvalue weighted by molar-refractivity contribution is 0.0262. The summed E-state index contributed by atoms with van der Waals surface area (Å²) in [6.45, 7) is 7.61. The number of H-pyrrole nitrogens is 1. The van der Waals surface area contributed by atoms with E-state index in [9.17, 15) is 9.90 Å². The highest BCUT2D eigenvalue weighted by Gasteiger charge is 2.38. The summed E-state index contributed by atoms with van der Waals surface area (Å²) in [6.07, 6.45) is 2.34. The summed E-state index contributed by atoms with van der Waals surface area (Å²) in [5.41, 5.74) is 0.234. The number of anilines is 1. The predicted octanol–water partition coefficient (Wildman–Crippen LogP) is 1.82. The van der Waals surface area contributed by atoms with E-state index in [-0.39, 0.29) is 17.9 Å². The first-order valence-electron chi connectivity index (χ1n) is 8.88. The van der Waals surface area contributed by atoms with Crippen molar-refractivity contribution in [3.8, 4) is 0 Å². The van der Waals surface area contributed by atoms with Crippen LogP contribution in [0.2, 0.25) is 0 Å². The topological polar surface area (TPSA) is 85.4 Å². The highest BCUT2D eigenvalue weighted by molar-refractivity contribution is 5.92. The van der Waals surface area contributed by atoms with Crippen molar-refractivity contribution in [2.75, 3.05) is 31.6 Å². The van der Waals surface area contributed by atoms with E-state index in [1.54, 1.807) is 24.2 Å². The summed E-state index contributed by atoms with van der Waals surface area (Å²) < 4.78 is 0. The van der Waals surface area contributed by atoms with Gasteiger partial charge in [-0.2, -0.15) is 5.10 Å². The Morgan fingerprint density at radius 2 is 2.19 bits per heavy atom. The van der Waals surface area contributed by atoms with Crippen LogP contribution in [0.25, 0.3) is 0 Å². The number of rotatable bonds is 4. The van der Waals surface area contributed by atoms with Crippen LogP contribution < -0.4 is 4.90 Å². The van der Waals surface area contributed by atoms with Crippen LogP contribution in [-0.4, -0.2) is 63.4 Å². The standard InChI is InChI=1S/C19H27N5O2/c1-18(2,3)15-11-14(21-22-15)17(25)23(4)12-19(26)8-10-24(13-19)16-7-5-6-9-20-16/h5-7,9,11,26H,8,10,12-13H2,1-4H3,(H,21,22)/t19-/m1/s1. The Morgan fingerprint density at radius 1 is 1.42 bits per heavy atom. The van der Waals surface area contributed by atoms with Gasteiger partial charge in [-0.1, -0.05) is 26.8 Å². The van der Waals surface area contributed by atoms with E-state index in [4.69, 9.17) is 0 Å². The smallest absolute Gasteiger partial charge is 0.274 e. The van der Waals surface area contributed by atoms with Crippen LogP contribution in [0.15, 0.2) is 30.5 Å². The molecule has 0 bridgehead atoms. The van der Waals surface area contributed by atoms with E-state index in [0.717, 1.165) is 11.5 Å². The lowest BCUT2D eigenvalue weighted by Gasteiger charge is -2.28. The highest BCUT2D eigenvalue weighted by Crippen LogP contribution is 2.26. The van der Waals surface area contributed by atoms with E-state index in [2.05, 4.69) is 36.0 Å². The number of hydrogen-bond donors (Lipinski definition) is 2. The van der Waals surface area contributed by atoms with Crippen molar-refractivity contribution >= 4 is 11.7 Å². The van der Waals surface area contributed by atoms with Crippen LogP contribution in [0.5, 0.6) is 0 Å². The molecule has 2 aromatic rings. The third-order valence-electron chi connectivity index (χ3n) is 4.79. The minimum absolute atomic E-state index is 0.100. The molecule has 140 valence electrons. The van der Waals surface area contributed by atoms with Gasteiger partial charge in [0, 0.05) is 37.4 Å². The molecule has 0 aliphatic carbocycles. The molecule has 2 N–H and O–H groups in total. The monoisotopic (exact) mass is 357 g/mol. The Labute approximate surface area is 154 Å². The average Bonchev–Trinajstić information content (AvgIpc) is 3.22. The minimum atomic E-state index is -0.953. The third-order valence-corrected chi connectivity index (χ3v) is 4.79. The second-order valence-corrected chi connectivity index (χ2v) is 8.16. The van der Waals surface area contributed by atoms with E-state index in [0.29, 0.717) is 25.2 Å². The maximum absolute atomic E-state index is 12.7. The molecule has 0 radical (unpaired) electrons. The molecular formula is C19H27N5O2. The zero-order valence-electron chi connectivity index (χ0n) is 15.9. The maximum Gasteiger partial charge on any atom is 0.274 e. The normalized spacial score (nSPS) is 20.4. The van der Waals surface area contributed by atoms with Crippen LogP contribution >= 0.6 is 0 Å². The van der Waals surface area contributed by atoms with Crippen molar-refractivity contribution in [1.29, 1.82) is 0 Å². The molecule has 0 aromatic carbocycles. The Hall–Kier alpha value is -2.41. The quantitative estimate of drug-likeness (QED) is 0.872. The maximum atomic E-state index is 12.7. The molecule has 1 saturated heterocycles. The number of nitrogens with one attached hydrogen (secondary N) is 1. The number of aromatic amines is 1. The van der Waals surface area contributed by atoms with Crippen molar-refractivity contribution < 1.29 is 9.90 Å². The Morgan fingerprint density at radius 3 is 2.81 bits per heavy atom. The summed E-state index contributed by atoms with van der Waals surface area (Å²) >= 11 is 0. The zero-order chi connectivity index (χ0) is 18.9. The lowest BCUT2D eigenvalue weighted by Crippen LogP contribution is -2.46. The molecule has 3 rings (SSSR count). The van der Waals surface area contributed by atoms with Gasteiger partial charge in [-0.25, -0.2) is 4.98 Å². The molecule has 26 heavy (non-hydrogen) atoms. The molecular weight excluding hydrogens is 330 g/mol. The van der Waals surface area contributed by atoms with Gasteiger partial charge in [-0.15, -0.1) is 0 Å². The molecule has 2 aromatic heterocycles. The van der Waals surface area contributed by atoms with E-state index < -0.39 is 5.60 Å². The van der Waals surface area contributed by atoms with Crippen molar-refractivity contribution in [2.45, 2.75) is 38.2 Å². The van der Waals surface area contributed by atoms with Gasteiger partial charge < -0.3 is 14.9 Å². The van der Waals surface area contributed by atoms with Crippen LogP contribution in [0, 0.1) is 0 Å². The van der Waals surface area contributed by atoms with Crippen LogP contribution in [-0.2, 0) is 5.41 Å². The first kappa shape index (κ1) is 18.4. The van der Waals surface area contributed by atoms with Crippen molar-refractivity contribution in [3.05, 3.63) is 41.9 Å². The number of carbonyl (C=O) groups excluding carboxylic acids is 1. The van der Waals surface area contributed by atoms with Crippen LogP contribution in [0.4, 0.5) is 5.82 Å². The SMILES string of the molecule is CN(C[C@]1(O)CCN(c2ccccn2)C1)C(=O)c1cc(C(C)(C)C)[nH]n1. The summed E-state index contributed by atoms with van der Waals surface area (Å²) in [4.78, 5) is 20.6. The Kier molecular flexibility index (Phi) is 4.75. The molecule has 1 amide bonds. The lowest BCUT2D eigenvalue weighted by atomic mass is 9.92. The minimum Gasteiger partial charge on any atom is -0.386 e. The summed E-state index contributed by atoms with van der Waals surface area (Å²) in [5, 5.41) is 18.0. The average molecular weight is 357 g/mol. The molecule has 1 aliphatic rings. The van der Waals surface area contributed by atoms with Crippen LogP contribution in [0.3, 0.4) is 0 Å². The number of likely N-dealkylation sites (N-methyl/N-ethyl adjacent to an activating group) is 1. The number of hydrogen-bond acceptors (Lipinski definition) is 5. The predicted molar refractivity (Wildman–Crippen MR) is 100 cm³/mol. The van der Waals surface area contributed by atoms with Gasteiger partial charge in [0.1, 0.15) is 17.1 Å². The number of aliphatic hydroxyl groups is 1. The highest BCUT2D eigenvalue weighted by atomic mass is 16.3. The number of β-amino-alcohol motifs (C(OH)–C–C–N with tert-alkyl or cyclic N) is 1. The van der Waals surface area contributed by atoms with Gasteiger partial charge >= 0.3 is 0 Å². The van der Waals surface area contributed by atoms with Crippen LogP contribution in [0.1, 0.15) is 43.4 Å². The van der Waals surface area contributed by atoms with Crippen molar-refractivity contribution in [3.63, 3.8) is 0 Å². The number of amides is 1. The van der Waals surface area contributed by atoms with Crippen molar-refractivity contribution in [2.24, 2.45) is 0 Å². The Balaban J connectivity index is 1.65. The van der Waals surface area contributed by atoms with Gasteiger partial charge in [0.25, 0.3) is 5.91 Å².